The number of nitrogens with zero attached hydrogens (tertiary/aromatic N) is 2. The molecule has 1 fully saturated rings. The Morgan fingerprint density at radius 2 is 1.83 bits per heavy atom. The number of aromatic nitrogens is 1. The van der Waals surface area contributed by atoms with Gasteiger partial charge in [0.15, 0.2) is 0 Å². The van der Waals surface area contributed by atoms with Gasteiger partial charge >= 0.3 is 0 Å². The molecule has 0 atom stereocenters. The number of nitrogens with one attached hydrogen (secondary N) is 1. The Bertz CT molecular complexity index is 1130. The molecule has 5 nitrogen and oxygen atoms in total. The van der Waals surface area contributed by atoms with Gasteiger partial charge in [-0.1, -0.05) is 38.1 Å². The molecule has 0 bridgehead atoms. The van der Waals surface area contributed by atoms with Gasteiger partial charge in [-0.2, -0.15) is 0 Å². The van der Waals surface area contributed by atoms with Gasteiger partial charge in [-0.15, -0.1) is 11.3 Å². The van der Waals surface area contributed by atoms with Crippen LogP contribution in [-0.2, 0) is 29.1 Å². The fourth-order valence-electron chi connectivity index (χ4n) is 4.40. The number of fused-ring (bicyclic) bond motifs is 3. The maximum absolute atomic E-state index is 12.1. The minimum atomic E-state index is -0.0978. The van der Waals surface area contributed by atoms with Crippen LogP contribution >= 0.6 is 11.3 Å². The number of carbonyl (C=O) groups is 2. The first kappa shape index (κ1) is 19.4. The van der Waals surface area contributed by atoms with Crippen LogP contribution in [0.15, 0.2) is 30.3 Å². The van der Waals surface area contributed by atoms with E-state index in [1.165, 1.54) is 26.3 Å². The van der Waals surface area contributed by atoms with Crippen molar-refractivity contribution in [2.75, 3.05) is 6.54 Å². The van der Waals surface area contributed by atoms with Crippen molar-refractivity contribution in [2.45, 2.75) is 52.1 Å². The van der Waals surface area contributed by atoms with Crippen LogP contribution in [0.2, 0.25) is 0 Å². The third-order valence-electron chi connectivity index (χ3n) is 6.10. The predicted molar refractivity (Wildman–Crippen MR) is 119 cm³/mol. The van der Waals surface area contributed by atoms with Crippen molar-refractivity contribution in [3.05, 3.63) is 52.0 Å². The summed E-state index contributed by atoms with van der Waals surface area (Å²) in [4.78, 5) is 32.9. The topological polar surface area (TPSA) is 62.3 Å². The number of benzene rings is 1. The van der Waals surface area contributed by atoms with Gasteiger partial charge in [-0.3, -0.25) is 14.5 Å². The van der Waals surface area contributed by atoms with E-state index in [0.29, 0.717) is 18.8 Å². The summed E-state index contributed by atoms with van der Waals surface area (Å²) in [6, 6.07) is 10.8. The van der Waals surface area contributed by atoms with Crippen LogP contribution < -0.4 is 5.32 Å². The average molecular weight is 420 g/mol. The normalized spacial score (nSPS) is 16.7. The fraction of sp³-hybridized carbons (Fsp3) is 0.375. The third kappa shape index (κ3) is 3.34. The highest BCUT2D eigenvalue weighted by Crippen LogP contribution is 2.39. The molecule has 1 aromatic carbocycles. The van der Waals surface area contributed by atoms with Crippen LogP contribution in [0.4, 0.5) is 0 Å². The lowest BCUT2D eigenvalue weighted by Gasteiger charge is -2.16. The smallest absolute Gasteiger partial charge is 0.230 e. The van der Waals surface area contributed by atoms with Crippen LogP contribution in [-0.4, -0.2) is 28.2 Å². The highest BCUT2D eigenvalue weighted by molar-refractivity contribution is 7.19. The maximum atomic E-state index is 12.1. The Kier molecular flexibility index (Phi) is 4.91. The molecule has 0 saturated carbocycles. The summed E-state index contributed by atoms with van der Waals surface area (Å²) in [6.45, 7) is 6.50. The van der Waals surface area contributed by atoms with E-state index in [1.54, 1.807) is 11.3 Å². The summed E-state index contributed by atoms with van der Waals surface area (Å²) in [6.07, 6.45) is 1.61. The third-order valence-corrected chi connectivity index (χ3v) is 7.22. The molecule has 0 aliphatic carbocycles. The maximum Gasteiger partial charge on any atom is 0.230 e. The molecule has 0 spiro atoms. The van der Waals surface area contributed by atoms with Crippen molar-refractivity contribution in [3.63, 3.8) is 0 Å². The Morgan fingerprint density at radius 1 is 1.10 bits per heavy atom. The fourth-order valence-corrected chi connectivity index (χ4v) is 5.63. The van der Waals surface area contributed by atoms with Gasteiger partial charge in [0.1, 0.15) is 4.83 Å². The number of thiophene rings is 1. The summed E-state index contributed by atoms with van der Waals surface area (Å²) >= 11 is 1.73. The SMILES string of the molecule is CC(C)c1ccc(-c2cc(CN3C(=O)CCC3=O)nc3sc4c(c23)CCNC4)cc1. The summed E-state index contributed by atoms with van der Waals surface area (Å²) < 4.78 is 0. The number of carbonyl (C=O) groups excluding carboxylic acids is 2. The van der Waals surface area contributed by atoms with Crippen molar-refractivity contribution in [3.8, 4) is 11.1 Å². The van der Waals surface area contributed by atoms with E-state index < -0.39 is 0 Å². The van der Waals surface area contributed by atoms with E-state index in [2.05, 4.69) is 49.5 Å². The van der Waals surface area contributed by atoms with Gasteiger partial charge in [0, 0.05) is 29.6 Å². The second-order valence-corrected chi connectivity index (χ2v) is 9.51. The van der Waals surface area contributed by atoms with Crippen LogP contribution in [0, 0.1) is 0 Å². The van der Waals surface area contributed by atoms with Crippen molar-refractivity contribution in [1.29, 1.82) is 0 Å². The minimum Gasteiger partial charge on any atom is -0.312 e. The molecule has 5 rings (SSSR count). The van der Waals surface area contributed by atoms with Gasteiger partial charge in [-0.25, -0.2) is 4.98 Å². The summed E-state index contributed by atoms with van der Waals surface area (Å²) in [5, 5.41) is 4.68. The van der Waals surface area contributed by atoms with Crippen molar-refractivity contribution in [1.82, 2.24) is 15.2 Å². The molecule has 0 unspecified atom stereocenters. The van der Waals surface area contributed by atoms with E-state index in [1.807, 2.05) is 0 Å². The number of amides is 2. The molecule has 0 radical (unpaired) electrons. The molecule has 3 aromatic rings. The zero-order chi connectivity index (χ0) is 20.8. The van der Waals surface area contributed by atoms with Gasteiger partial charge in [-0.05, 0) is 47.2 Å². The van der Waals surface area contributed by atoms with Crippen molar-refractivity contribution in [2.24, 2.45) is 0 Å². The summed E-state index contributed by atoms with van der Waals surface area (Å²) in [7, 11) is 0. The van der Waals surface area contributed by atoms with Crippen LogP contribution in [0.5, 0.6) is 0 Å². The first-order valence-electron chi connectivity index (χ1n) is 10.6. The zero-order valence-electron chi connectivity index (χ0n) is 17.3. The molecule has 6 heteroatoms. The molecule has 2 aliphatic heterocycles. The number of pyridine rings is 1. The largest absolute Gasteiger partial charge is 0.312 e. The lowest BCUT2D eigenvalue weighted by atomic mass is 9.94. The Hall–Kier alpha value is -2.57. The molecule has 4 heterocycles. The van der Waals surface area contributed by atoms with Gasteiger partial charge in [0.2, 0.25) is 11.8 Å². The summed E-state index contributed by atoms with van der Waals surface area (Å²) in [5.74, 6) is 0.290. The van der Waals surface area contributed by atoms with E-state index in [0.717, 1.165) is 41.2 Å². The van der Waals surface area contributed by atoms with E-state index >= 15 is 0 Å². The quantitative estimate of drug-likeness (QED) is 0.638. The standard InChI is InChI=1S/C24H25N3O2S/c1-14(2)15-3-5-16(6-4-15)19-11-17(13-27-21(28)7-8-22(27)29)26-24-23(19)18-9-10-25-12-20(18)30-24/h3-6,11,14,25H,7-10,12-13H2,1-2H3. The number of imide groups is 1. The molecule has 1 saturated heterocycles. The average Bonchev–Trinajstić information content (AvgIpc) is 3.28. The van der Waals surface area contributed by atoms with Crippen molar-refractivity contribution < 1.29 is 9.59 Å². The van der Waals surface area contributed by atoms with E-state index in [-0.39, 0.29) is 18.4 Å². The molecule has 1 N–H and O–H groups in total. The number of likely N-dealkylation sites (tertiary alicyclic amines) is 1. The monoisotopic (exact) mass is 419 g/mol. The molecular formula is C24H25N3O2S. The number of hydrogen-bond donors (Lipinski definition) is 1. The van der Waals surface area contributed by atoms with Crippen LogP contribution in [0.3, 0.4) is 0 Å². The lowest BCUT2D eigenvalue weighted by molar-refractivity contribution is -0.139. The van der Waals surface area contributed by atoms with Crippen LogP contribution in [0.25, 0.3) is 21.3 Å². The predicted octanol–water partition coefficient (Wildman–Crippen LogP) is 4.38. The summed E-state index contributed by atoms with van der Waals surface area (Å²) in [5.41, 5.74) is 5.80. The minimum absolute atomic E-state index is 0.0978. The Balaban J connectivity index is 1.65. The highest BCUT2D eigenvalue weighted by Gasteiger charge is 2.30. The van der Waals surface area contributed by atoms with Gasteiger partial charge in [0.05, 0.1) is 12.2 Å². The molecule has 2 amide bonds. The molecule has 154 valence electrons. The Labute approximate surface area is 180 Å². The van der Waals surface area contributed by atoms with Crippen molar-refractivity contribution >= 4 is 33.4 Å². The second kappa shape index (κ2) is 7.60. The van der Waals surface area contributed by atoms with E-state index in [4.69, 9.17) is 4.98 Å². The molecule has 2 aliphatic rings. The zero-order valence-corrected chi connectivity index (χ0v) is 18.1. The van der Waals surface area contributed by atoms with Gasteiger partial charge in [0.25, 0.3) is 0 Å². The first-order valence-corrected chi connectivity index (χ1v) is 11.4. The molecule has 2 aromatic heterocycles. The first-order chi connectivity index (χ1) is 14.5. The second-order valence-electron chi connectivity index (χ2n) is 8.42. The number of rotatable bonds is 4. The Morgan fingerprint density at radius 3 is 2.53 bits per heavy atom. The van der Waals surface area contributed by atoms with Crippen LogP contribution in [0.1, 0.15) is 54.3 Å². The lowest BCUT2D eigenvalue weighted by Crippen LogP contribution is -2.28. The highest BCUT2D eigenvalue weighted by atomic mass is 32.1. The molecular weight excluding hydrogens is 394 g/mol. The van der Waals surface area contributed by atoms with E-state index in [9.17, 15) is 9.59 Å². The van der Waals surface area contributed by atoms with Gasteiger partial charge < -0.3 is 5.32 Å². The number of hydrogen-bond acceptors (Lipinski definition) is 5. The molecule has 30 heavy (non-hydrogen) atoms.